The van der Waals surface area contributed by atoms with Crippen molar-refractivity contribution in [1.29, 1.82) is 0 Å². The Labute approximate surface area is 245 Å². The number of piperidine rings is 1. The smallest absolute Gasteiger partial charge is 0.381 e. The summed E-state index contributed by atoms with van der Waals surface area (Å²) < 4.78 is 71.0. The molecule has 2 saturated heterocycles. The second-order valence-corrected chi connectivity index (χ2v) is 13.2. The van der Waals surface area contributed by atoms with Crippen molar-refractivity contribution in [3.05, 3.63) is 53.7 Å². The summed E-state index contributed by atoms with van der Waals surface area (Å²) in [6.07, 6.45) is 0.813. The zero-order chi connectivity index (χ0) is 29.9. The summed E-state index contributed by atoms with van der Waals surface area (Å²) in [6.45, 7) is 4.65. The summed E-state index contributed by atoms with van der Waals surface area (Å²) in [6, 6.07) is 12.4. The van der Waals surface area contributed by atoms with Gasteiger partial charge in [0, 0.05) is 61.4 Å². The van der Waals surface area contributed by atoms with Crippen molar-refractivity contribution < 1.29 is 26.3 Å². The molecule has 3 heterocycles. The molecule has 5 rings (SSSR count). The van der Waals surface area contributed by atoms with Gasteiger partial charge in [0.1, 0.15) is 6.54 Å². The van der Waals surface area contributed by atoms with Gasteiger partial charge in [0.25, 0.3) is 0 Å². The van der Waals surface area contributed by atoms with Crippen LogP contribution in [0.15, 0.2) is 47.4 Å². The van der Waals surface area contributed by atoms with Gasteiger partial charge in [-0.3, -0.25) is 0 Å². The van der Waals surface area contributed by atoms with Gasteiger partial charge in [-0.05, 0) is 80.5 Å². The molecular formula is C31H37F3N4O3S. The van der Waals surface area contributed by atoms with Crippen molar-refractivity contribution >= 4 is 32.1 Å². The van der Waals surface area contributed by atoms with Crippen molar-refractivity contribution in [2.75, 3.05) is 49.7 Å². The average molecular weight is 603 g/mol. The Morgan fingerprint density at radius 2 is 1.71 bits per heavy atom. The molecule has 7 nitrogen and oxygen atoms in total. The zero-order valence-corrected chi connectivity index (χ0v) is 24.7. The van der Waals surface area contributed by atoms with E-state index in [2.05, 4.69) is 27.4 Å². The fourth-order valence-corrected chi connectivity index (χ4v) is 6.48. The van der Waals surface area contributed by atoms with Crippen LogP contribution in [0.4, 0.5) is 24.5 Å². The number of likely N-dealkylation sites (tertiary alicyclic amines) is 1. The number of aryl methyl sites for hydroxylation is 1. The highest BCUT2D eigenvalue weighted by Gasteiger charge is 2.31. The van der Waals surface area contributed by atoms with Crippen molar-refractivity contribution in [2.24, 2.45) is 0 Å². The largest absolute Gasteiger partial charge is 0.406 e. The Morgan fingerprint density at radius 1 is 1.02 bits per heavy atom. The van der Waals surface area contributed by atoms with E-state index in [1.165, 1.54) is 16.7 Å². The lowest BCUT2D eigenvalue weighted by atomic mass is 9.98. The molecule has 0 amide bonds. The molecule has 42 heavy (non-hydrogen) atoms. The lowest BCUT2D eigenvalue weighted by Crippen LogP contribution is -2.46. The first-order valence-corrected chi connectivity index (χ1v) is 16.2. The molecule has 2 N–H and O–H groups in total. The van der Waals surface area contributed by atoms with Gasteiger partial charge in [-0.1, -0.05) is 12.0 Å². The number of hydrogen-bond acceptors (Lipinski definition) is 6. The van der Waals surface area contributed by atoms with Crippen LogP contribution in [-0.2, 0) is 21.1 Å². The summed E-state index contributed by atoms with van der Waals surface area (Å²) in [5, 5.41) is 7.48. The van der Waals surface area contributed by atoms with Gasteiger partial charge < -0.3 is 24.8 Å². The van der Waals surface area contributed by atoms with Gasteiger partial charge in [0.2, 0.25) is 0 Å². The van der Waals surface area contributed by atoms with Crippen molar-refractivity contribution in [1.82, 2.24) is 9.47 Å². The third-order valence-corrected chi connectivity index (χ3v) is 9.22. The Bertz CT molecular complexity index is 1560. The quantitative estimate of drug-likeness (QED) is 0.351. The van der Waals surface area contributed by atoms with E-state index in [1.807, 2.05) is 13.0 Å². The minimum absolute atomic E-state index is 0.182. The van der Waals surface area contributed by atoms with E-state index in [9.17, 15) is 21.6 Å². The Hall–Kier alpha value is -3.20. The average Bonchev–Trinajstić information content (AvgIpc) is 3.29. The molecule has 2 aliphatic rings. The molecule has 0 spiro atoms. The molecule has 3 aromatic rings. The standard InChI is InChI=1S/C31H37F3N4O3S/c1-22-5-10-29-28(30(22)36-24-11-16-37(17-12-24)25-13-18-41-19-14-25)20-26(38(29)21-31(32,33)34)4-3-15-35-23-6-8-27(9-7-23)42(2,39)40/h5-10,20,24-25,35-36H,11-19,21H2,1-2H3. The van der Waals surface area contributed by atoms with Gasteiger partial charge in [-0.2, -0.15) is 13.2 Å². The highest BCUT2D eigenvalue weighted by Crippen LogP contribution is 2.34. The lowest BCUT2D eigenvalue weighted by Gasteiger charge is -2.39. The third-order valence-electron chi connectivity index (χ3n) is 8.10. The van der Waals surface area contributed by atoms with Crippen LogP contribution < -0.4 is 10.6 Å². The maximum Gasteiger partial charge on any atom is 0.406 e. The molecule has 226 valence electrons. The van der Waals surface area contributed by atoms with E-state index < -0.39 is 22.6 Å². The Kier molecular flexibility index (Phi) is 9.06. The van der Waals surface area contributed by atoms with Crippen LogP contribution in [0.25, 0.3) is 10.9 Å². The summed E-state index contributed by atoms with van der Waals surface area (Å²) >= 11 is 0. The molecule has 0 bridgehead atoms. The van der Waals surface area contributed by atoms with E-state index in [0.29, 0.717) is 22.9 Å². The Balaban J connectivity index is 1.33. The molecule has 11 heteroatoms. The van der Waals surface area contributed by atoms with E-state index in [-0.39, 0.29) is 17.5 Å². The summed E-state index contributed by atoms with van der Waals surface area (Å²) in [4.78, 5) is 2.76. The van der Waals surface area contributed by atoms with Gasteiger partial charge in [0.05, 0.1) is 22.7 Å². The second-order valence-electron chi connectivity index (χ2n) is 11.2. The molecule has 0 unspecified atom stereocenters. The number of aromatic nitrogens is 1. The molecule has 1 aromatic heterocycles. The monoisotopic (exact) mass is 602 g/mol. The predicted octanol–water partition coefficient (Wildman–Crippen LogP) is 5.43. The molecule has 2 aromatic carbocycles. The topological polar surface area (TPSA) is 75.6 Å². The molecule has 0 aliphatic carbocycles. The van der Waals surface area contributed by atoms with E-state index in [4.69, 9.17) is 4.74 Å². The number of alkyl halides is 3. The van der Waals surface area contributed by atoms with E-state index >= 15 is 0 Å². The van der Waals surface area contributed by atoms with E-state index in [1.54, 1.807) is 24.3 Å². The Morgan fingerprint density at radius 3 is 2.36 bits per heavy atom. The zero-order valence-electron chi connectivity index (χ0n) is 23.9. The van der Waals surface area contributed by atoms with Crippen molar-refractivity contribution in [2.45, 2.75) is 62.3 Å². The first-order valence-electron chi connectivity index (χ1n) is 14.3. The molecule has 0 radical (unpaired) electrons. The van der Waals surface area contributed by atoms with Crippen LogP contribution in [-0.4, -0.2) is 75.2 Å². The van der Waals surface area contributed by atoms with Crippen LogP contribution >= 0.6 is 0 Å². The SMILES string of the molecule is Cc1ccc2c(cc(C#CCNc3ccc(S(C)(=O)=O)cc3)n2CC(F)(F)F)c1NC1CCN(C2CCOCC2)CC1. The fraction of sp³-hybridized carbons (Fsp3) is 0.484. The number of sulfone groups is 1. The highest BCUT2D eigenvalue weighted by molar-refractivity contribution is 7.90. The number of benzene rings is 2. The van der Waals surface area contributed by atoms with Gasteiger partial charge in [0.15, 0.2) is 9.84 Å². The molecule has 2 aliphatic heterocycles. The maximum atomic E-state index is 13.6. The van der Waals surface area contributed by atoms with Gasteiger partial charge in [-0.15, -0.1) is 0 Å². The lowest BCUT2D eigenvalue weighted by molar-refractivity contribution is -0.140. The molecule has 0 atom stereocenters. The van der Waals surface area contributed by atoms with Crippen molar-refractivity contribution in [3.8, 4) is 11.8 Å². The first-order chi connectivity index (χ1) is 20.0. The molecular weight excluding hydrogens is 565 g/mol. The fourth-order valence-electron chi connectivity index (χ4n) is 5.85. The van der Waals surface area contributed by atoms with Crippen LogP contribution in [0.2, 0.25) is 0 Å². The minimum atomic E-state index is -4.41. The van der Waals surface area contributed by atoms with Crippen LogP contribution in [0.3, 0.4) is 0 Å². The van der Waals surface area contributed by atoms with Crippen molar-refractivity contribution in [3.63, 3.8) is 0 Å². The summed E-state index contributed by atoms with van der Waals surface area (Å²) in [7, 11) is -3.30. The number of ether oxygens (including phenoxy) is 1. The third kappa shape index (κ3) is 7.41. The summed E-state index contributed by atoms with van der Waals surface area (Å²) in [5.41, 5.74) is 3.30. The highest BCUT2D eigenvalue weighted by atomic mass is 32.2. The van der Waals surface area contributed by atoms with E-state index in [0.717, 1.165) is 74.9 Å². The normalized spacial score (nSPS) is 17.6. The van der Waals surface area contributed by atoms with Crippen LogP contribution in [0.1, 0.15) is 36.9 Å². The number of rotatable bonds is 7. The second kappa shape index (κ2) is 12.6. The number of fused-ring (bicyclic) bond motifs is 1. The minimum Gasteiger partial charge on any atom is -0.381 e. The predicted molar refractivity (Wildman–Crippen MR) is 160 cm³/mol. The number of halogens is 3. The summed E-state index contributed by atoms with van der Waals surface area (Å²) in [5.74, 6) is 5.86. The molecule has 0 saturated carbocycles. The van der Waals surface area contributed by atoms with Gasteiger partial charge in [-0.25, -0.2) is 8.42 Å². The van der Waals surface area contributed by atoms with Crippen LogP contribution in [0, 0.1) is 18.8 Å². The molecule has 2 fully saturated rings. The number of nitrogens with zero attached hydrogens (tertiary/aromatic N) is 2. The van der Waals surface area contributed by atoms with Gasteiger partial charge >= 0.3 is 6.18 Å². The number of anilines is 2. The van der Waals surface area contributed by atoms with Crippen LogP contribution in [0.5, 0.6) is 0 Å². The number of hydrogen-bond donors (Lipinski definition) is 2. The first kappa shape index (κ1) is 30.3. The number of nitrogens with one attached hydrogen (secondary N) is 2. The maximum absolute atomic E-state index is 13.6.